The van der Waals surface area contributed by atoms with Crippen molar-refractivity contribution in [3.05, 3.63) is 27.8 Å². The maximum atomic E-state index is 5.81. The van der Waals surface area contributed by atoms with Gasteiger partial charge < -0.3 is 14.4 Å². The first-order valence-corrected chi connectivity index (χ1v) is 8.00. The molecule has 0 aromatic heterocycles. The fourth-order valence-electron chi connectivity index (χ4n) is 2.40. The molecular weight excluding hydrogens is 353 g/mol. The van der Waals surface area contributed by atoms with Crippen LogP contribution in [0, 0.1) is 3.57 Å². The van der Waals surface area contributed by atoms with Crippen LogP contribution in [0.4, 0.5) is 0 Å². The van der Waals surface area contributed by atoms with Crippen LogP contribution in [0.15, 0.2) is 24.3 Å². The Morgan fingerprint density at radius 3 is 2.68 bits per heavy atom. The van der Waals surface area contributed by atoms with Crippen molar-refractivity contribution in [3.63, 3.8) is 0 Å². The molecule has 1 aromatic rings. The number of halogens is 1. The monoisotopic (exact) mass is 375 g/mol. The SMILES string of the molecule is COC1CCN(CCCOc2ccccc2I)CC1. The molecule has 0 aliphatic carbocycles. The summed E-state index contributed by atoms with van der Waals surface area (Å²) in [5.74, 6) is 1.00. The topological polar surface area (TPSA) is 21.7 Å². The first-order valence-electron chi connectivity index (χ1n) is 6.92. The molecule has 0 unspecified atom stereocenters. The number of hydrogen-bond acceptors (Lipinski definition) is 3. The minimum absolute atomic E-state index is 0.471. The molecule has 1 heterocycles. The van der Waals surface area contributed by atoms with Crippen molar-refractivity contribution in [1.82, 2.24) is 4.90 Å². The molecule has 1 saturated heterocycles. The van der Waals surface area contributed by atoms with E-state index >= 15 is 0 Å². The van der Waals surface area contributed by atoms with Crippen LogP contribution in [0.5, 0.6) is 5.75 Å². The summed E-state index contributed by atoms with van der Waals surface area (Å²) < 4.78 is 12.4. The molecule has 0 bridgehead atoms. The van der Waals surface area contributed by atoms with Gasteiger partial charge in [0.15, 0.2) is 0 Å². The minimum atomic E-state index is 0.471. The molecule has 1 aromatic carbocycles. The van der Waals surface area contributed by atoms with Gasteiger partial charge in [-0.15, -0.1) is 0 Å². The standard InChI is InChI=1S/C15H22INO2/c1-18-13-7-10-17(11-8-13)9-4-12-19-15-6-3-2-5-14(15)16/h2-3,5-6,13H,4,7-12H2,1H3. The average Bonchev–Trinajstić information content (AvgIpc) is 2.46. The van der Waals surface area contributed by atoms with Crippen molar-refractivity contribution in [3.8, 4) is 5.75 Å². The van der Waals surface area contributed by atoms with E-state index in [1.54, 1.807) is 0 Å². The van der Waals surface area contributed by atoms with E-state index < -0.39 is 0 Å². The lowest BCUT2D eigenvalue weighted by Gasteiger charge is -2.31. The summed E-state index contributed by atoms with van der Waals surface area (Å²) in [5.41, 5.74) is 0. The second kappa shape index (κ2) is 8.07. The average molecular weight is 375 g/mol. The Hall–Kier alpha value is -0.330. The normalized spacial score (nSPS) is 17.6. The molecule has 3 nitrogen and oxygen atoms in total. The quantitative estimate of drug-likeness (QED) is 0.563. The second-order valence-electron chi connectivity index (χ2n) is 4.91. The molecule has 106 valence electrons. The van der Waals surface area contributed by atoms with Gasteiger partial charge >= 0.3 is 0 Å². The van der Waals surface area contributed by atoms with Crippen LogP contribution in [0.2, 0.25) is 0 Å². The second-order valence-corrected chi connectivity index (χ2v) is 6.07. The number of hydrogen-bond donors (Lipinski definition) is 0. The van der Waals surface area contributed by atoms with Crippen molar-refractivity contribution < 1.29 is 9.47 Å². The highest BCUT2D eigenvalue weighted by Crippen LogP contribution is 2.19. The lowest BCUT2D eigenvalue weighted by molar-refractivity contribution is 0.0398. The number of ether oxygens (including phenoxy) is 2. The molecule has 1 fully saturated rings. The summed E-state index contributed by atoms with van der Waals surface area (Å²) in [6.07, 6.45) is 3.88. The first-order chi connectivity index (χ1) is 9.29. The lowest BCUT2D eigenvalue weighted by atomic mass is 10.1. The van der Waals surface area contributed by atoms with Crippen LogP contribution < -0.4 is 4.74 Å². The molecular formula is C15H22INO2. The van der Waals surface area contributed by atoms with Gasteiger partial charge in [0.25, 0.3) is 0 Å². The maximum absolute atomic E-state index is 5.81. The van der Waals surface area contributed by atoms with Gasteiger partial charge in [0.05, 0.1) is 16.3 Å². The number of nitrogens with zero attached hydrogens (tertiary/aromatic N) is 1. The zero-order valence-corrected chi connectivity index (χ0v) is 13.6. The Morgan fingerprint density at radius 1 is 1.26 bits per heavy atom. The lowest BCUT2D eigenvalue weighted by Crippen LogP contribution is -2.37. The Labute approximate surface area is 129 Å². The number of benzene rings is 1. The van der Waals surface area contributed by atoms with E-state index in [0.29, 0.717) is 6.10 Å². The van der Waals surface area contributed by atoms with Crippen molar-refractivity contribution in [2.75, 3.05) is 33.4 Å². The minimum Gasteiger partial charge on any atom is -0.492 e. The number of para-hydroxylation sites is 1. The highest BCUT2D eigenvalue weighted by Gasteiger charge is 2.17. The van der Waals surface area contributed by atoms with E-state index in [1.165, 1.54) is 3.57 Å². The molecule has 0 saturated carbocycles. The molecule has 0 atom stereocenters. The van der Waals surface area contributed by atoms with Gasteiger partial charge in [-0.3, -0.25) is 0 Å². The molecule has 2 rings (SSSR count). The molecule has 1 aliphatic heterocycles. The predicted octanol–water partition coefficient (Wildman–Crippen LogP) is 3.17. The number of piperidine rings is 1. The predicted molar refractivity (Wildman–Crippen MR) is 85.7 cm³/mol. The zero-order valence-electron chi connectivity index (χ0n) is 11.5. The number of likely N-dealkylation sites (tertiary alicyclic amines) is 1. The third kappa shape index (κ3) is 4.93. The molecule has 19 heavy (non-hydrogen) atoms. The van der Waals surface area contributed by atoms with E-state index in [-0.39, 0.29) is 0 Å². The van der Waals surface area contributed by atoms with Crippen LogP contribution in [0.25, 0.3) is 0 Å². The van der Waals surface area contributed by atoms with Gasteiger partial charge in [0.2, 0.25) is 0 Å². The zero-order chi connectivity index (χ0) is 13.5. The molecule has 4 heteroatoms. The largest absolute Gasteiger partial charge is 0.492 e. The van der Waals surface area contributed by atoms with Crippen LogP contribution in [-0.2, 0) is 4.74 Å². The third-order valence-corrected chi connectivity index (χ3v) is 4.47. The van der Waals surface area contributed by atoms with E-state index in [1.807, 2.05) is 25.3 Å². The summed E-state index contributed by atoms with van der Waals surface area (Å²) in [4.78, 5) is 2.51. The maximum Gasteiger partial charge on any atom is 0.132 e. The molecule has 0 radical (unpaired) electrons. The Balaban J connectivity index is 1.61. The summed E-state index contributed by atoms with van der Waals surface area (Å²) in [6, 6.07) is 8.17. The van der Waals surface area contributed by atoms with E-state index in [0.717, 1.165) is 51.3 Å². The summed E-state index contributed by atoms with van der Waals surface area (Å²) in [5, 5.41) is 0. The summed E-state index contributed by atoms with van der Waals surface area (Å²) in [6.45, 7) is 4.23. The van der Waals surface area contributed by atoms with Gasteiger partial charge in [-0.2, -0.15) is 0 Å². The Kier molecular flexibility index (Phi) is 6.40. The van der Waals surface area contributed by atoms with Crippen LogP contribution in [-0.4, -0.2) is 44.4 Å². The fourth-order valence-corrected chi connectivity index (χ4v) is 2.94. The van der Waals surface area contributed by atoms with Crippen LogP contribution >= 0.6 is 22.6 Å². The van der Waals surface area contributed by atoms with Crippen molar-refractivity contribution in [2.24, 2.45) is 0 Å². The Morgan fingerprint density at radius 2 is 2.00 bits per heavy atom. The number of methoxy groups -OCH3 is 1. The van der Waals surface area contributed by atoms with Gasteiger partial charge in [0, 0.05) is 26.7 Å². The number of rotatable bonds is 6. The molecule has 1 aliphatic rings. The van der Waals surface area contributed by atoms with Crippen LogP contribution in [0.1, 0.15) is 19.3 Å². The highest BCUT2D eigenvalue weighted by atomic mass is 127. The van der Waals surface area contributed by atoms with E-state index in [9.17, 15) is 0 Å². The van der Waals surface area contributed by atoms with E-state index in [2.05, 4.69) is 33.6 Å². The first kappa shape index (κ1) is 15.1. The fraction of sp³-hybridized carbons (Fsp3) is 0.600. The van der Waals surface area contributed by atoms with Gasteiger partial charge in [-0.25, -0.2) is 0 Å². The Bertz CT molecular complexity index is 378. The third-order valence-electron chi connectivity index (χ3n) is 3.58. The summed E-state index contributed by atoms with van der Waals surface area (Å²) in [7, 11) is 1.82. The van der Waals surface area contributed by atoms with Crippen LogP contribution in [0.3, 0.4) is 0 Å². The van der Waals surface area contributed by atoms with Gasteiger partial charge in [0.1, 0.15) is 5.75 Å². The van der Waals surface area contributed by atoms with Gasteiger partial charge in [-0.05, 0) is 54.0 Å². The van der Waals surface area contributed by atoms with E-state index in [4.69, 9.17) is 9.47 Å². The van der Waals surface area contributed by atoms with Gasteiger partial charge in [-0.1, -0.05) is 12.1 Å². The van der Waals surface area contributed by atoms with Crippen molar-refractivity contribution >= 4 is 22.6 Å². The molecule has 0 spiro atoms. The molecule has 0 N–H and O–H groups in total. The smallest absolute Gasteiger partial charge is 0.132 e. The molecule has 0 amide bonds. The van der Waals surface area contributed by atoms with Crippen molar-refractivity contribution in [1.29, 1.82) is 0 Å². The summed E-state index contributed by atoms with van der Waals surface area (Å²) >= 11 is 2.31. The van der Waals surface area contributed by atoms with Crippen molar-refractivity contribution in [2.45, 2.75) is 25.4 Å². The highest BCUT2D eigenvalue weighted by molar-refractivity contribution is 14.1.